The number of hydrogen-bond donors (Lipinski definition) is 3. The Morgan fingerprint density at radius 2 is 1.77 bits per heavy atom. The Morgan fingerprint density at radius 3 is 2.33 bits per heavy atom. The first-order valence-corrected chi connectivity index (χ1v) is 18.9. The lowest BCUT2D eigenvalue weighted by atomic mass is 9.85. The molecular formula is C35H47ClN6O9S. The van der Waals surface area contributed by atoms with E-state index in [0.717, 1.165) is 0 Å². The molecule has 2 aromatic rings. The van der Waals surface area contributed by atoms with Crippen molar-refractivity contribution in [1.82, 2.24) is 30.2 Å². The number of hydrogen-bond acceptors (Lipinski definition) is 11. The van der Waals surface area contributed by atoms with Crippen LogP contribution in [0.5, 0.6) is 11.6 Å². The number of nitrogens with one attached hydrogen (secondary N) is 3. The van der Waals surface area contributed by atoms with Gasteiger partial charge in [-0.3, -0.25) is 19.1 Å². The minimum absolute atomic E-state index is 0.0383. The highest BCUT2D eigenvalue weighted by Crippen LogP contribution is 2.47. The summed E-state index contributed by atoms with van der Waals surface area (Å²) in [7, 11) is -2.50. The van der Waals surface area contributed by atoms with Gasteiger partial charge in [-0.25, -0.2) is 23.2 Å². The van der Waals surface area contributed by atoms with Crippen molar-refractivity contribution < 1.29 is 41.8 Å². The number of halogens is 1. The van der Waals surface area contributed by atoms with E-state index in [1.54, 1.807) is 66.7 Å². The van der Waals surface area contributed by atoms with E-state index in [9.17, 15) is 27.6 Å². The molecule has 0 spiro atoms. The van der Waals surface area contributed by atoms with Gasteiger partial charge in [0.2, 0.25) is 21.8 Å². The van der Waals surface area contributed by atoms with E-state index in [1.807, 2.05) is 0 Å². The van der Waals surface area contributed by atoms with E-state index in [2.05, 4.69) is 31.9 Å². The van der Waals surface area contributed by atoms with Gasteiger partial charge in [0.1, 0.15) is 35.1 Å². The van der Waals surface area contributed by atoms with E-state index in [4.69, 9.17) is 25.8 Å². The Labute approximate surface area is 308 Å². The standard InChI is InChI=1S/C35H47ClN6O9S/c1-10-19-17-35(19,30(45)41-52(47,48)34(8)13-14-34)40-27(43)24-16-21(50-28-26(36)37-22-12-11-20(49-9)15-23(22)38-28)18-42(24)29(44)25(32(2,3)4)39-31(46)51-33(5,6)7/h10-12,15,19,21,24-25H,1,13-14,16-18H2,2-9H3,(H,39,46)(H,40,43)(H,41,45)/t19-,21-,24+,25-,35-/m1/s1. The summed E-state index contributed by atoms with van der Waals surface area (Å²) < 4.78 is 44.0. The third-order valence-electron chi connectivity index (χ3n) is 9.58. The van der Waals surface area contributed by atoms with Crippen molar-refractivity contribution in [1.29, 1.82) is 0 Å². The number of amides is 4. The Kier molecular flexibility index (Phi) is 10.3. The van der Waals surface area contributed by atoms with Gasteiger partial charge in [0.15, 0.2) is 5.15 Å². The Hall–Kier alpha value is -4.18. The van der Waals surface area contributed by atoms with Crippen LogP contribution in [0.1, 0.15) is 74.1 Å². The fraction of sp³-hybridized carbons (Fsp3) is 0.600. The van der Waals surface area contributed by atoms with Crippen molar-refractivity contribution in [2.24, 2.45) is 11.3 Å². The first-order valence-electron chi connectivity index (χ1n) is 17.0. The summed E-state index contributed by atoms with van der Waals surface area (Å²) in [5.74, 6) is -2.27. The van der Waals surface area contributed by atoms with E-state index in [-0.39, 0.29) is 30.4 Å². The highest BCUT2D eigenvalue weighted by molar-refractivity contribution is 7.91. The summed E-state index contributed by atoms with van der Waals surface area (Å²) >= 11 is 6.47. The Bertz CT molecular complexity index is 1910. The molecule has 5 atom stereocenters. The number of fused-ring (bicyclic) bond motifs is 1. The van der Waals surface area contributed by atoms with Crippen molar-refractivity contribution in [3.8, 4) is 11.6 Å². The third-order valence-corrected chi connectivity index (χ3v) is 12.0. The predicted octanol–water partition coefficient (Wildman–Crippen LogP) is 3.64. The summed E-state index contributed by atoms with van der Waals surface area (Å²) in [6, 6.07) is 2.68. The summed E-state index contributed by atoms with van der Waals surface area (Å²) in [5, 5.41) is 5.38. The second kappa shape index (κ2) is 13.7. The van der Waals surface area contributed by atoms with E-state index >= 15 is 0 Å². The summed E-state index contributed by atoms with van der Waals surface area (Å²) in [6.45, 7) is 15.5. The van der Waals surface area contributed by atoms with Gasteiger partial charge in [0, 0.05) is 18.4 Å². The Morgan fingerprint density at radius 1 is 1.10 bits per heavy atom. The molecule has 1 aliphatic heterocycles. The van der Waals surface area contributed by atoms with Crippen LogP contribution < -0.4 is 24.8 Å². The molecule has 15 nitrogen and oxygen atoms in total. The van der Waals surface area contributed by atoms with Crippen LogP contribution in [0.3, 0.4) is 0 Å². The average molecular weight is 763 g/mol. The Balaban J connectivity index is 1.45. The number of nitrogens with zero attached hydrogens (tertiary/aromatic N) is 3. The van der Waals surface area contributed by atoms with Crippen LogP contribution >= 0.6 is 11.6 Å². The summed E-state index contributed by atoms with van der Waals surface area (Å²) in [4.78, 5) is 65.3. The summed E-state index contributed by atoms with van der Waals surface area (Å²) in [6.07, 6.45) is 0.670. The number of benzene rings is 1. The lowest BCUT2D eigenvalue weighted by Crippen LogP contribution is -2.60. The maximum Gasteiger partial charge on any atom is 0.408 e. The molecule has 0 radical (unpaired) electrons. The third kappa shape index (κ3) is 8.07. The minimum atomic E-state index is -4.01. The fourth-order valence-corrected chi connectivity index (χ4v) is 7.58. The van der Waals surface area contributed by atoms with Crippen LogP contribution in [0.15, 0.2) is 30.9 Å². The van der Waals surface area contributed by atoms with Crippen LogP contribution in [0.2, 0.25) is 5.15 Å². The number of aromatic nitrogens is 2. The number of ether oxygens (including phenoxy) is 3. The molecule has 5 rings (SSSR count). The number of alkyl carbamates (subject to hydrolysis) is 1. The zero-order valence-electron chi connectivity index (χ0n) is 30.7. The molecule has 0 unspecified atom stereocenters. The van der Waals surface area contributed by atoms with Crippen molar-refractivity contribution >= 4 is 56.5 Å². The first kappa shape index (κ1) is 39.0. The molecule has 3 N–H and O–H groups in total. The number of carbonyl (C=O) groups is 4. The SMILES string of the molecule is C=C[C@@H]1C[C@]1(NC(=O)[C@@H]1C[C@@H](Oc2nc3cc(OC)ccc3nc2Cl)CN1C(=O)[C@@H](NC(=O)OC(C)(C)C)C(C)(C)C)C(=O)NS(=O)(=O)C1(C)CC1. The van der Waals surface area contributed by atoms with Gasteiger partial charge in [0.05, 0.1) is 29.4 Å². The van der Waals surface area contributed by atoms with Crippen LogP contribution in [0.25, 0.3) is 11.0 Å². The zero-order valence-corrected chi connectivity index (χ0v) is 32.2. The van der Waals surface area contributed by atoms with Crippen molar-refractivity contribution in [3.05, 3.63) is 36.0 Å². The first-order chi connectivity index (χ1) is 24.0. The van der Waals surface area contributed by atoms with Crippen LogP contribution in [0.4, 0.5) is 4.79 Å². The molecule has 0 bridgehead atoms. The molecular weight excluding hydrogens is 716 g/mol. The van der Waals surface area contributed by atoms with Crippen molar-refractivity contribution in [3.63, 3.8) is 0 Å². The number of methoxy groups -OCH3 is 1. The molecule has 4 amide bonds. The number of carbonyl (C=O) groups excluding carboxylic acids is 4. The highest BCUT2D eigenvalue weighted by atomic mass is 35.5. The second-order valence-electron chi connectivity index (χ2n) is 16.0. The van der Waals surface area contributed by atoms with Gasteiger partial charge < -0.3 is 29.7 Å². The molecule has 3 fully saturated rings. The van der Waals surface area contributed by atoms with Crippen molar-refractivity contribution in [2.45, 2.75) is 108 Å². The lowest BCUT2D eigenvalue weighted by molar-refractivity contribution is -0.143. The van der Waals surface area contributed by atoms with E-state index in [1.165, 1.54) is 18.1 Å². The maximum absolute atomic E-state index is 14.4. The van der Waals surface area contributed by atoms with Gasteiger partial charge in [-0.05, 0) is 64.5 Å². The van der Waals surface area contributed by atoms with E-state index < -0.39 is 79.2 Å². The molecule has 284 valence electrons. The van der Waals surface area contributed by atoms with Gasteiger partial charge >= 0.3 is 6.09 Å². The quantitative estimate of drug-likeness (QED) is 0.283. The van der Waals surface area contributed by atoms with Crippen molar-refractivity contribution in [2.75, 3.05) is 13.7 Å². The normalized spacial score (nSPS) is 24.3. The molecule has 2 saturated carbocycles. The molecule has 1 saturated heterocycles. The van der Waals surface area contributed by atoms with Crippen LogP contribution in [0, 0.1) is 11.3 Å². The molecule has 2 aliphatic carbocycles. The molecule has 2 heterocycles. The fourth-order valence-electron chi connectivity index (χ4n) is 6.09. The minimum Gasteiger partial charge on any atom is -0.497 e. The molecule has 1 aromatic carbocycles. The van der Waals surface area contributed by atoms with Gasteiger partial charge in [-0.2, -0.15) is 0 Å². The monoisotopic (exact) mass is 762 g/mol. The van der Waals surface area contributed by atoms with E-state index in [0.29, 0.717) is 29.6 Å². The van der Waals surface area contributed by atoms with Gasteiger partial charge in [-0.15, -0.1) is 6.58 Å². The zero-order chi connectivity index (χ0) is 38.6. The highest BCUT2D eigenvalue weighted by Gasteiger charge is 2.63. The predicted molar refractivity (Wildman–Crippen MR) is 192 cm³/mol. The number of likely N-dealkylation sites (tertiary alicyclic amines) is 1. The summed E-state index contributed by atoms with van der Waals surface area (Å²) in [5.41, 5.74) is -2.38. The number of rotatable bonds is 11. The van der Waals surface area contributed by atoms with Crippen LogP contribution in [-0.2, 0) is 29.1 Å². The van der Waals surface area contributed by atoms with Gasteiger partial charge in [-0.1, -0.05) is 38.4 Å². The van der Waals surface area contributed by atoms with Crippen LogP contribution in [-0.4, -0.2) is 94.8 Å². The van der Waals surface area contributed by atoms with Gasteiger partial charge in [0.25, 0.3) is 11.8 Å². The second-order valence-corrected chi connectivity index (χ2v) is 18.5. The maximum atomic E-state index is 14.4. The molecule has 17 heteroatoms. The molecule has 3 aliphatic rings. The molecule has 1 aromatic heterocycles. The topological polar surface area (TPSA) is 195 Å². The number of sulfonamides is 1. The smallest absolute Gasteiger partial charge is 0.408 e. The molecule has 52 heavy (non-hydrogen) atoms. The average Bonchev–Trinajstić information content (AvgIpc) is 3.92. The lowest BCUT2D eigenvalue weighted by Gasteiger charge is -2.36. The largest absolute Gasteiger partial charge is 0.497 e.